The summed E-state index contributed by atoms with van der Waals surface area (Å²) in [6.07, 6.45) is 5.39. The Balaban J connectivity index is 1.79. The Morgan fingerprint density at radius 2 is 2.26 bits per heavy atom. The number of hydrogen-bond donors (Lipinski definition) is 1. The lowest BCUT2D eigenvalue weighted by Crippen LogP contribution is -2.25. The fourth-order valence-corrected chi connectivity index (χ4v) is 2.42. The average Bonchev–Trinajstić information content (AvgIpc) is 2.47. The molecule has 19 heavy (non-hydrogen) atoms. The zero-order chi connectivity index (χ0) is 13.1. The van der Waals surface area contributed by atoms with Crippen LogP contribution in [0.25, 0.3) is 10.9 Å². The minimum atomic E-state index is 0.207. The number of pyridine rings is 1. The summed E-state index contributed by atoms with van der Waals surface area (Å²) in [4.78, 5) is 4.30. The van der Waals surface area contributed by atoms with E-state index in [1.54, 1.807) is 6.20 Å². The minimum absolute atomic E-state index is 0.207. The summed E-state index contributed by atoms with van der Waals surface area (Å²) in [6.45, 7) is 1.44. The molecule has 0 bridgehead atoms. The number of aromatic nitrogens is 1. The maximum atomic E-state index is 5.92. The van der Waals surface area contributed by atoms with Crippen molar-refractivity contribution in [2.45, 2.75) is 25.4 Å². The second-order valence-electron chi connectivity index (χ2n) is 4.85. The molecule has 1 aliphatic heterocycles. The van der Waals surface area contributed by atoms with Gasteiger partial charge in [-0.2, -0.15) is 0 Å². The fraction of sp³-hybridized carbons (Fsp3) is 0.400. The molecule has 0 radical (unpaired) electrons. The highest BCUT2D eigenvalue weighted by Crippen LogP contribution is 2.27. The highest BCUT2D eigenvalue weighted by molar-refractivity contribution is 5.93. The number of rotatable bonds is 3. The number of nitrogens with two attached hydrogens (primary N) is 1. The molecular formula is C15H18N2O2. The van der Waals surface area contributed by atoms with Gasteiger partial charge in [0.2, 0.25) is 0 Å². The molecule has 2 heterocycles. The van der Waals surface area contributed by atoms with Crippen LogP contribution in [0.4, 0.5) is 5.69 Å². The molecule has 0 aliphatic carbocycles. The van der Waals surface area contributed by atoms with Crippen LogP contribution >= 0.6 is 0 Å². The molecule has 1 fully saturated rings. The van der Waals surface area contributed by atoms with Crippen LogP contribution in [0, 0.1) is 0 Å². The van der Waals surface area contributed by atoms with Crippen molar-refractivity contribution in [2.75, 3.05) is 18.9 Å². The van der Waals surface area contributed by atoms with E-state index in [0.29, 0.717) is 12.3 Å². The Labute approximate surface area is 112 Å². The van der Waals surface area contributed by atoms with Crippen LogP contribution in [-0.2, 0) is 4.74 Å². The Kier molecular flexibility index (Phi) is 3.51. The molecule has 0 spiro atoms. The van der Waals surface area contributed by atoms with Gasteiger partial charge >= 0.3 is 0 Å². The van der Waals surface area contributed by atoms with E-state index in [4.69, 9.17) is 15.2 Å². The molecule has 2 N–H and O–H groups in total. The Morgan fingerprint density at radius 1 is 1.32 bits per heavy atom. The van der Waals surface area contributed by atoms with Crippen molar-refractivity contribution in [3.05, 3.63) is 30.5 Å². The van der Waals surface area contributed by atoms with Crippen molar-refractivity contribution in [3.63, 3.8) is 0 Å². The number of nitrogen functional groups attached to an aromatic ring is 1. The fourth-order valence-electron chi connectivity index (χ4n) is 2.42. The predicted molar refractivity (Wildman–Crippen MR) is 75.2 cm³/mol. The van der Waals surface area contributed by atoms with Crippen molar-refractivity contribution >= 4 is 16.6 Å². The number of nitrogens with zero attached hydrogens (tertiary/aromatic N) is 1. The third-order valence-electron chi connectivity index (χ3n) is 3.46. The third kappa shape index (κ3) is 2.63. The number of para-hydroxylation sites is 1. The van der Waals surface area contributed by atoms with E-state index in [2.05, 4.69) is 4.98 Å². The molecule has 4 nitrogen and oxygen atoms in total. The standard InChI is InChI=1S/C15H18N2O2/c16-13-6-3-5-12-14(7-8-17-15(12)13)19-10-11-4-1-2-9-18-11/h3,5-8,11H,1-2,4,9-10,16H2. The normalized spacial score (nSPS) is 19.5. The SMILES string of the molecule is Nc1cccc2c(OCC3CCCCO3)ccnc12. The van der Waals surface area contributed by atoms with Crippen molar-refractivity contribution < 1.29 is 9.47 Å². The zero-order valence-corrected chi connectivity index (χ0v) is 10.8. The predicted octanol–water partition coefficient (Wildman–Crippen LogP) is 2.76. The summed E-state index contributed by atoms with van der Waals surface area (Å²) in [7, 11) is 0. The molecule has 4 heteroatoms. The van der Waals surface area contributed by atoms with Gasteiger partial charge in [-0.15, -0.1) is 0 Å². The number of anilines is 1. The van der Waals surface area contributed by atoms with Crippen LogP contribution in [0.3, 0.4) is 0 Å². The molecule has 1 atom stereocenters. The summed E-state index contributed by atoms with van der Waals surface area (Å²) in [6, 6.07) is 7.63. The highest BCUT2D eigenvalue weighted by atomic mass is 16.5. The van der Waals surface area contributed by atoms with Crippen LogP contribution in [0.15, 0.2) is 30.5 Å². The van der Waals surface area contributed by atoms with Crippen molar-refractivity contribution in [2.24, 2.45) is 0 Å². The van der Waals surface area contributed by atoms with Gasteiger partial charge in [-0.1, -0.05) is 6.07 Å². The van der Waals surface area contributed by atoms with Crippen molar-refractivity contribution in [1.29, 1.82) is 0 Å². The maximum Gasteiger partial charge on any atom is 0.130 e. The van der Waals surface area contributed by atoms with E-state index >= 15 is 0 Å². The summed E-state index contributed by atoms with van der Waals surface area (Å²) in [5.41, 5.74) is 7.39. The summed E-state index contributed by atoms with van der Waals surface area (Å²) < 4.78 is 11.6. The van der Waals surface area contributed by atoms with Gasteiger partial charge < -0.3 is 15.2 Å². The lowest BCUT2D eigenvalue weighted by molar-refractivity contribution is -0.0107. The number of benzene rings is 1. The molecule has 0 saturated carbocycles. The second-order valence-corrected chi connectivity index (χ2v) is 4.85. The first-order valence-electron chi connectivity index (χ1n) is 6.72. The van der Waals surface area contributed by atoms with E-state index in [1.165, 1.54) is 6.42 Å². The Morgan fingerprint density at radius 3 is 3.11 bits per heavy atom. The molecule has 1 saturated heterocycles. The lowest BCUT2D eigenvalue weighted by Gasteiger charge is -2.22. The van der Waals surface area contributed by atoms with E-state index in [-0.39, 0.29) is 6.10 Å². The first kappa shape index (κ1) is 12.2. The lowest BCUT2D eigenvalue weighted by atomic mass is 10.1. The Bertz CT molecular complexity index is 565. The number of hydrogen-bond acceptors (Lipinski definition) is 4. The van der Waals surface area contributed by atoms with Gasteiger partial charge in [-0.3, -0.25) is 4.98 Å². The quantitative estimate of drug-likeness (QED) is 0.860. The summed E-state index contributed by atoms with van der Waals surface area (Å²) >= 11 is 0. The minimum Gasteiger partial charge on any atom is -0.490 e. The monoisotopic (exact) mass is 258 g/mol. The van der Waals surface area contributed by atoms with E-state index in [1.807, 2.05) is 24.3 Å². The van der Waals surface area contributed by atoms with E-state index < -0.39 is 0 Å². The topological polar surface area (TPSA) is 57.4 Å². The third-order valence-corrected chi connectivity index (χ3v) is 3.46. The zero-order valence-electron chi connectivity index (χ0n) is 10.8. The molecule has 3 rings (SSSR count). The summed E-state index contributed by atoms with van der Waals surface area (Å²) in [5, 5.41) is 0.957. The van der Waals surface area contributed by atoms with Gasteiger partial charge in [-0.25, -0.2) is 0 Å². The van der Waals surface area contributed by atoms with Crippen LogP contribution in [0.1, 0.15) is 19.3 Å². The van der Waals surface area contributed by atoms with Gasteiger partial charge in [0.05, 0.1) is 17.3 Å². The summed E-state index contributed by atoms with van der Waals surface area (Å²) in [5.74, 6) is 0.825. The smallest absolute Gasteiger partial charge is 0.130 e. The van der Waals surface area contributed by atoms with Gasteiger partial charge in [0.25, 0.3) is 0 Å². The highest BCUT2D eigenvalue weighted by Gasteiger charge is 2.15. The van der Waals surface area contributed by atoms with E-state index in [9.17, 15) is 0 Å². The van der Waals surface area contributed by atoms with Crippen molar-refractivity contribution in [3.8, 4) is 5.75 Å². The molecule has 0 amide bonds. The first-order chi connectivity index (χ1) is 9.34. The molecule has 2 aromatic rings. The molecule has 1 aliphatic rings. The molecule has 1 unspecified atom stereocenters. The molecular weight excluding hydrogens is 240 g/mol. The average molecular weight is 258 g/mol. The van der Waals surface area contributed by atoms with Gasteiger partial charge in [-0.05, 0) is 37.5 Å². The van der Waals surface area contributed by atoms with Crippen LogP contribution < -0.4 is 10.5 Å². The van der Waals surface area contributed by atoms with Gasteiger partial charge in [0, 0.05) is 18.2 Å². The largest absolute Gasteiger partial charge is 0.490 e. The van der Waals surface area contributed by atoms with Crippen LogP contribution in [-0.4, -0.2) is 24.3 Å². The first-order valence-corrected chi connectivity index (χ1v) is 6.72. The molecule has 1 aromatic heterocycles. The van der Waals surface area contributed by atoms with Crippen LogP contribution in [0.2, 0.25) is 0 Å². The van der Waals surface area contributed by atoms with Gasteiger partial charge in [0.1, 0.15) is 12.4 Å². The Hall–Kier alpha value is -1.81. The second kappa shape index (κ2) is 5.45. The van der Waals surface area contributed by atoms with E-state index in [0.717, 1.165) is 36.1 Å². The maximum absolute atomic E-state index is 5.92. The van der Waals surface area contributed by atoms with Gasteiger partial charge in [0.15, 0.2) is 0 Å². The number of fused-ring (bicyclic) bond motifs is 1. The number of ether oxygens (including phenoxy) is 2. The van der Waals surface area contributed by atoms with Crippen molar-refractivity contribution in [1.82, 2.24) is 4.98 Å². The van der Waals surface area contributed by atoms with Crippen LogP contribution in [0.5, 0.6) is 5.75 Å². The molecule has 1 aromatic carbocycles. The molecule has 100 valence electrons.